The van der Waals surface area contributed by atoms with Crippen LogP contribution in [0.5, 0.6) is 0 Å². The molecule has 1 aromatic carbocycles. The number of rotatable bonds is 3. The fourth-order valence-corrected chi connectivity index (χ4v) is 1.78. The predicted molar refractivity (Wildman–Crippen MR) is 74.9 cm³/mol. The SMILES string of the molecule is CNC(=O)c1ccc(Nc2ncc(C(F)(F)F)c(C)n2)cc1. The number of nitrogens with one attached hydrogen (secondary N) is 2. The van der Waals surface area contributed by atoms with Crippen molar-refractivity contribution < 1.29 is 18.0 Å². The van der Waals surface area contributed by atoms with E-state index in [1.165, 1.54) is 14.0 Å². The van der Waals surface area contributed by atoms with E-state index in [1.807, 2.05) is 0 Å². The van der Waals surface area contributed by atoms with Crippen LogP contribution in [0.1, 0.15) is 21.6 Å². The Morgan fingerprint density at radius 1 is 1.18 bits per heavy atom. The van der Waals surface area contributed by atoms with E-state index in [0.717, 1.165) is 6.20 Å². The van der Waals surface area contributed by atoms with Crippen LogP contribution >= 0.6 is 0 Å². The van der Waals surface area contributed by atoms with Crippen LogP contribution in [0.3, 0.4) is 0 Å². The molecule has 0 aliphatic heterocycles. The summed E-state index contributed by atoms with van der Waals surface area (Å²) in [4.78, 5) is 18.8. The number of carbonyl (C=O) groups is 1. The van der Waals surface area contributed by atoms with Crippen LogP contribution in [-0.2, 0) is 6.18 Å². The molecule has 1 amide bonds. The lowest BCUT2D eigenvalue weighted by Crippen LogP contribution is -2.17. The Morgan fingerprint density at radius 2 is 1.82 bits per heavy atom. The summed E-state index contributed by atoms with van der Waals surface area (Å²) in [5, 5.41) is 5.27. The summed E-state index contributed by atoms with van der Waals surface area (Å²) in [5.74, 6) is -0.175. The first-order valence-corrected chi connectivity index (χ1v) is 6.31. The van der Waals surface area contributed by atoms with Gasteiger partial charge in [0.05, 0.1) is 11.3 Å². The molecule has 0 saturated carbocycles. The van der Waals surface area contributed by atoms with Crippen LogP contribution < -0.4 is 10.6 Å². The standard InChI is InChI=1S/C14H13F3N4O/c1-8-11(14(15,16)17)7-19-13(20-8)21-10-5-3-9(4-6-10)12(22)18-2/h3-7H,1-2H3,(H,18,22)(H,19,20,21). The molecule has 0 fully saturated rings. The first-order valence-electron chi connectivity index (χ1n) is 6.31. The van der Waals surface area contributed by atoms with Gasteiger partial charge in [-0.25, -0.2) is 9.97 Å². The molecule has 22 heavy (non-hydrogen) atoms. The molecule has 5 nitrogen and oxygen atoms in total. The zero-order valence-corrected chi connectivity index (χ0v) is 11.8. The zero-order chi connectivity index (χ0) is 16.3. The van der Waals surface area contributed by atoms with Gasteiger partial charge in [-0.1, -0.05) is 0 Å². The van der Waals surface area contributed by atoms with Gasteiger partial charge in [-0.2, -0.15) is 13.2 Å². The van der Waals surface area contributed by atoms with Crippen molar-refractivity contribution in [3.63, 3.8) is 0 Å². The van der Waals surface area contributed by atoms with Crippen molar-refractivity contribution in [3.8, 4) is 0 Å². The highest BCUT2D eigenvalue weighted by Gasteiger charge is 2.33. The van der Waals surface area contributed by atoms with Crippen molar-refractivity contribution in [2.75, 3.05) is 12.4 Å². The number of hydrogen-bond acceptors (Lipinski definition) is 4. The number of aryl methyl sites for hydroxylation is 1. The maximum Gasteiger partial charge on any atom is 0.419 e. The number of hydrogen-bond donors (Lipinski definition) is 2. The van der Waals surface area contributed by atoms with Crippen molar-refractivity contribution in [1.29, 1.82) is 0 Å². The normalized spacial score (nSPS) is 11.1. The van der Waals surface area contributed by atoms with Gasteiger partial charge in [-0.05, 0) is 31.2 Å². The molecule has 0 bridgehead atoms. The molecular formula is C14H13F3N4O. The van der Waals surface area contributed by atoms with E-state index in [4.69, 9.17) is 0 Å². The van der Waals surface area contributed by atoms with Crippen molar-refractivity contribution in [2.45, 2.75) is 13.1 Å². The Morgan fingerprint density at radius 3 is 2.32 bits per heavy atom. The summed E-state index contributed by atoms with van der Waals surface area (Å²) >= 11 is 0. The van der Waals surface area contributed by atoms with E-state index in [2.05, 4.69) is 20.6 Å². The Kier molecular flexibility index (Phi) is 4.30. The van der Waals surface area contributed by atoms with Gasteiger partial charge in [-0.15, -0.1) is 0 Å². The molecule has 2 N–H and O–H groups in total. The predicted octanol–water partition coefficient (Wildman–Crippen LogP) is 2.91. The van der Waals surface area contributed by atoms with Gasteiger partial charge in [0.15, 0.2) is 0 Å². The minimum atomic E-state index is -4.47. The summed E-state index contributed by atoms with van der Waals surface area (Å²) in [6, 6.07) is 6.39. The molecule has 0 unspecified atom stereocenters. The molecule has 0 radical (unpaired) electrons. The maximum atomic E-state index is 12.6. The number of amides is 1. The summed E-state index contributed by atoms with van der Waals surface area (Å²) in [5.41, 5.74) is 0.00405. The lowest BCUT2D eigenvalue weighted by molar-refractivity contribution is -0.138. The van der Waals surface area contributed by atoms with Gasteiger partial charge in [0, 0.05) is 24.5 Å². The molecule has 8 heteroatoms. The second-order valence-electron chi connectivity index (χ2n) is 4.47. The number of anilines is 2. The average molecular weight is 310 g/mol. The minimum absolute atomic E-state index is 0.0539. The molecule has 1 heterocycles. The Balaban J connectivity index is 2.17. The van der Waals surface area contributed by atoms with E-state index in [1.54, 1.807) is 24.3 Å². The smallest absolute Gasteiger partial charge is 0.355 e. The zero-order valence-electron chi connectivity index (χ0n) is 11.8. The van der Waals surface area contributed by atoms with Crippen LogP contribution in [0.15, 0.2) is 30.5 Å². The summed E-state index contributed by atoms with van der Waals surface area (Å²) < 4.78 is 37.9. The highest BCUT2D eigenvalue weighted by molar-refractivity contribution is 5.94. The fraction of sp³-hybridized carbons (Fsp3) is 0.214. The van der Waals surface area contributed by atoms with Crippen LogP contribution in [-0.4, -0.2) is 22.9 Å². The molecule has 2 rings (SSSR count). The van der Waals surface area contributed by atoms with Crippen molar-refractivity contribution >= 4 is 17.5 Å². The second-order valence-corrected chi connectivity index (χ2v) is 4.47. The molecule has 0 atom stereocenters. The number of halogens is 3. The fourth-order valence-electron chi connectivity index (χ4n) is 1.78. The third-order valence-electron chi connectivity index (χ3n) is 2.92. The Bertz CT molecular complexity index is 683. The highest BCUT2D eigenvalue weighted by atomic mass is 19.4. The van der Waals surface area contributed by atoms with Crippen molar-refractivity contribution in [3.05, 3.63) is 47.3 Å². The molecule has 116 valence electrons. The number of carbonyl (C=O) groups excluding carboxylic acids is 1. The lowest BCUT2D eigenvalue weighted by Gasteiger charge is -2.11. The third-order valence-corrected chi connectivity index (χ3v) is 2.92. The van der Waals surface area contributed by atoms with E-state index < -0.39 is 11.7 Å². The second kappa shape index (κ2) is 6.00. The van der Waals surface area contributed by atoms with Gasteiger partial charge >= 0.3 is 6.18 Å². The number of nitrogens with zero attached hydrogens (tertiary/aromatic N) is 2. The average Bonchev–Trinajstić information content (AvgIpc) is 2.46. The van der Waals surface area contributed by atoms with Crippen LogP contribution in [0.25, 0.3) is 0 Å². The lowest BCUT2D eigenvalue weighted by atomic mass is 10.2. The largest absolute Gasteiger partial charge is 0.419 e. The van der Waals surface area contributed by atoms with Crippen molar-refractivity contribution in [1.82, 2.24) is 15.3 Å². The number of benzene rings is 1. The molecule has 0 aliphatic carbocycles. The van der Waals surface area contributed by atoms with E-state index in [-0.39, 0.29) is 17.5 Å². The van der Waals surface area contributed by atoms with E-state index >= 15 is 0 Å². The third kappa shape index (κ3) is 3.51. The Labute approximate surface area is 124 Å². The molecule has 0 aliphatic rings. The van der Waals surface area contributed by atoms with Gasteiger partial charge in [0.1, 0.15) is 0 Å². The van der Waals surface area contributed by atoms with Crippen LogP contribution in [0.4, 0.5) is 24.8 Å². The minimum Gasteiger partial charge on any atom is -0.355 e. The van der Waals surface area contributed by atoms with E-state index in [0.29, 0.717) is 11.3 Å². The van der Waals surface area contributed by atoms with Gasteiger partial charge in [-0.3, -0.25) is 4.79 Å². The number of alkyl halides is 3. The Hall–Kier alpha value is -2.64. The summed E-state index contributed by atoms with van der Waals surface area (Å²) in [6.45, 7) is 1.27. The molecule has 0 spiro atoms. The first kappa shape index (κ1) is 15.7. The number of aromatic nitrogens is 2. The van der Waals surface area contributed by atoms with Crippen molar-refractivity contribution in [2.24, 2.45) is 0 Å². The highest BCUT2D eigenvalue weighted by Crippen LogP contribution is 2.30. The maximum absolute atomic E-state index is 12.6. The van der Waals surface area contributed by atoms with Gasteiger partial charge in [0.2, 0.25) is 5.95 Å². The van der Waals surface area contributed by atoms with E-state index in [9.17, 15) is 18.0 Å². The first-order chi connectivity index (χ1) is 10.3. The molecule has 1 aromatic heterocycles. The molecule has 0 saturated heterocycles. The topological polar surface area (TPSA) is 66.9 Å². The molecular weight excluding hydrogens is 297 g/mol. The van der Waals surface area contributed by atoms with Crippen LogP contribution in [0, 0.1) is 6.92 Å². The van der Waals surface area contributed by atoms with Gasteiger partial charge < -0.3 is 10.6 Å². The quantitative estimate of drug-likeness (QED) is 0.915. The summed E-state index contributed by atoms with van der Waals surface area (Å²) in [7, 11) is 1.52. The summed E-state index contributed by atoms with van der Waals surface area (Å²) in [6.07, 6.45) is -3.73. The monoisotopic (exact) mass is 310 g/mol. The van der Waals surface area contributed by atoms with Gasteiger partial charge in [0.25, 0.3) is 5.91 Å². The van der Waals surface area contributed by atoms with Crippen LogP contribution in [0.2, 0.25) is 0 Å². The molecule has 2 aromatic rings.